The highest BCUT2D eigenvalue weighted by atomic mass is 16.5. The molecule has 1 unspecified atom stereocenters. The molecule has 1 saturated carbocycles. The van der Waals surface area contributed by atoms with Crippen LogP contribution in [0.4, 0.5) is 0 Å². The normalized spacial score (nSPS) is 17.3. The fourth-order valence-electron chi connectivity index (χ4n) is 3.08. The fourth-order valence-corrected chi connectivity index (χ4v) is 3.08. The van der Waals surface area contributed by atoms with Crippen LogP contribution < -0.4 is 10.5 Å². The van der Waals surface area contributed by atoms with Crippen LogP contribution in [0.5, 0.6) is 5.75 Å². The third-order valence-corrected chi connectivity index (χ3v) is 4.27. The molecule has 0 spiro atoms. The van der Waals surface area contributed by atoms with Gasteiger partial charge in [-0.1, -0.05) is 31.9 Å². The fraction of sp³-hybridized carbons (Fsp3) is 0.647. The Labute approximate surface area is 127 Å². The summed E-state index contributed by atoms with van der Waals surface area (Å²) >= 11 is 0. The highest BCUT2D eigenvalue weighted by Crippen LogP contribution is 2.23. The molecule has 1 aromatic carbocycles. The lowest BCUT2D eigenvalue weighted by Crippen LogP contribution is -2.41. The monoisotopic (exact) mass is 292 g/mol. The first-order valence-corrected chi connectivity index (χ1v) is 8.06. The number of aliphatic hydroxyl groups is 1. The third-order valence-electron chi connectivity index (χ3n) is 4.27. The standard InChI is InChI=1S/C17H28N2O2/c1-2-19(15-7-3-4-8-15)12-16(20)13-21-17-9-5-6-14(10-17)11-18/h5-6,9-10,15-16,20H,2-4,7-8,11-13,18H2,1H3. The summed E-state index contributed by atoms with van der Waals surface area (Å²) in [5.74, 6) is 0.779. The first-order valence-electron chi connectivity index (χ1n) is 8.06. The Hall–Kier alpha value is -1.10. The van der Waals surface area contributed by atoms with E-state index in [-0.39, 0.29) is 0 Å². The zero-order chi connectivity index (χ0) is 15.1. The van der Waals surface area contributed by atoms with Crippen LogP contribution in [0.1, 0.15) is 38.2 Å². The molecule has 0 heterocycles. The smallest absolute Gasteiger partial charge is 0.119 e. The second kappa shape index (κ2) is 8.37. The first-order chi connectivity index (χ1) is 10.2. The van der Waals surface area contributed by atoms with Crippen molar-refractivity contribution >= 4 is 0 Å². The molecule has 1 aliphatic rings. The Kier molecular flexibility index (Phi) is 6.49. The number of nitrogens with zero attached hydrogens (tertiary/aromatic N) is 1. The van der Waals surface area contributed by atoms with Crippen molar-refractivity contribution in [1.29, 1.82) is 0 Å². The molecule has 0 amide bonds. The molecule has 1 aliphatic carbocycles. The summed E-state index contributed by atoms with van der Waals surface area (Å²) in [7, 11) is 0. The van der Waals surface area contributed by atoms with E-state index in [0.29, 0.717) is 25.7 Å². The maximum absolute atomic E-state index is 10.2. The Balaban J connectivity index is 1.78. The van der Waals surface area contributed by atoms with Crippen molar-refractivity contribution in [3.63, 3.8) is 0 Å². The Morgan fingerprint density at radius 1 is 1.38 bits per heavy atom. The predicted octanol–water partition coefficient (Wildman–Crippen LogP) is 2.15. The van der Waals surface area contributed by atoms with Gasteiger partial charge >= 0.3 is 0 Å². The van der Waals surface area contributed by atoms with Gasteiger partial charge in [0, 0.05) is 19.1 Å². The average molecular weight is 292 g/mol. The zero-order valence-electron chi connectivity index (χ0n) is 13.0. The minimum Gasteiger partial charge on any atom is -0.491 e. The molecule has 21 heavy (non-hydrogen) atoms. The summed E-state index contributed by atoms with van der Waals surface area (Å²) in [5, 5.41) is 10.2. The van der Waals surface area contributed by atoms with Gasteiger partial charge in [0.2, 0.25) is 0 Å². The summed E-state index contributed by atoms with van der Waals surface area (Å²) in [6.07, 6.45) is 4.71. The molecular formula is C17H28N2O2. The van der Waals surface area contributed by atoms with Crippen LogP contribution in [0.25, 0.3) is 0 Å². The van der Waals surface area contributed by atoms with Gasteiger partial charge in [0.05, 0.1) is 0 Å². The van der Waals surface area contributed by atoms with Crippen molar-refractivity contribution in [3.05, 3.63) is 29.8 Å². The van der Waals surface area contributed by atoms with Crippen LogP contribution in [-0.2, 0) is 6.54 Å². The van der Waals surface area contributed by atoms with Gasteiger partial charge in [0.15, 0.2) is 0 Å². The van der Waals surface area contributed by atoms with Crippen LogP contribution in [0.2, 0.25) is 0 Å². The SMILES string of the molecule is CCN(CC(O)COc1cccc(CN)c1)C1CCCC1. The maximum atomic E-state index is 10.2. The molecule has 1 fully saturated rings. The summed E-state index contributed by atoms with van der Waals surface area (Å²) in [5.41, 5.74) is 6.66. The second-order valence-corrected chi connectivity index (χ2v) is 5.84. The van der Waals surface area contributed by atoms with Gasteiger partial charge in [0.25, 0.3) is 0 Å². The highest BCUT2D eigenvalue weighted by Gasteiger charge is 2.23. The Bertz CT molecular complexity index is 419. The number of rotatable bonds is 8. The van der Waals surface area contributed by atoms with Gasteiger partial charge in [-0.2, -0.15) is 0 Å². The van der Waals surface area contributed by atoms with E-state index >= 15 is 0 Å². The van der Waals surface area contributed by atoms with Crippen molar-refractivity contribution in [3.8, 4) is 5.75 Å². The van der Waals surface area contributed by atoms with E-state index in [0.717, 1.165) is 17.9 Å². The van der Waals surface area contributed by atoms with E-state index in [1.54, 1.807) is 0 Å². The number of hydrogen-bond donors (Lipinski definition) is 2. The van der Waals surface area contributed by atoms with Crippen molar-refractivity contribution in [2.45, 2.75) is 51.3 Å². The molecule has 4 heteroatoms. The molecular weight excluding hydrogens is 264 g/mol. The Morgan fingerprint density at radius 2 is 2.14 bits per heavy atom. The van der Waals surface area contributed by atoms with Crippen LogP contribution in [0.3, 0.4) is 0 Å². The van der Waals surface area contributed by atoms with Gasteiger partial charge in [-0.15, -0.1) is 0 Å². The van der Waals surface area contributed by atoms with Crippen LogP contribution in [0.15, 0.2) is 24.3 Å². The minimum absolute atomic E-state index is 0.331. The van der Waals surface area contributed by atoms with E-state index in [1.165, 1.54) is 25.7 Å². The molecule has 0 aliphatic heterocycles. The maximum Gasteiger partial charge on any atom is 0.119 e. The molecule has 0 aromatic heterocycles. The number of hydrogen-bond acceptors (Lipinski definition) is 4. The topological polar surface area (TPSA) is 58.7 Å². The molecule has 2 rings (SSSR count). The minimum atomic E-state index is -0.452. The van der Waals surface area contributed by atoms with Crippen molar-refractivity contribution < 1.29 is 9.84 Å². The third kappa shape index (κ3) is 4.99. The predicted molar refractivity (Wildman–Crippen MR) is 85.3 cm³/mol. The molecule has 118 valence electrons. The van der Waals surface area contributed by atoms with Crippen LogP contribution in [-0.4, -0.2) is 41.8 Å². The van der Waals surface area contributed by atoms with Crippen LogP contribution >= 0.6 is 0 Å². The lowest BCUT2D eigenvalue weighted by Gasteiger charge is -2.29. The van der Waals surface area contributed by atoms with Gasteiger partial charge in [0.1, 0.15) is 18.5 Å². The van der Waals surface area contributed by atoms with E-state index < -0.39 is 6.10 Å². The lowest BCUT2D eigenvalue weighted by atomic mass is 10.2. The van der Waals surface area contributed by atoms with Crippen LogP contribution in [0, 0.1) is 0 Å². The summed E-state index contributed by atoms with van der Waals surface area (Å²) < 4.78 is 5.69. The molecule has 3 N–H and O–H groups in total. The summed E-state index contributed by atoms with van der Waals surface area (Å²) in [6.45, 7) is 4.68. The zero-order valence-corrected chi connectivity index (χ0v) is 13.0. The highest BCUT2D eigenvalue weighted by molar-refractivity contribution is 5.28. The van der Waals surface area contributed by atoms with Gasteiger partial charge in [-0.25, -0.2) is 0 Å². The molecule has 0 saturated heterocycles. The number of benzene rings is 1. The lowest BCUT2D eigenvalue weighted by molar-refractivity contribution is 0.0551. The molecule has 1 aromatic rings. The molecule has 1 atom stereocenters. The number of ether oxygens (including phenoxy) is 1. The van der Waals surface area contributed by atoms with E-state index in [2.05, 4.69) is 11.8 Å². The van der Waals surface area contributed by atoms with Crippen molar-refractivity contribution in [2.24, 2.45) is 5.73 Å². The quantitative estimate of drug-likeness (QED) is 0.771. The van der Waals surface area contributed by atoms with Crippen molar-refractivity contribution in [1.82, 2.24) is 4.90 Å². The average Bonchev–Trinajstić information content (AvgIpc) is 3.05. The second-order valence-electron chi connectivity index (χ2n) is 5.84. The van der Waals surface area contributed by atoms with E-state index in [9.17, 15) is 5.11 Å². The van der Waals surface area contributed by atoms with Gasteiger partial charge in [-0.3, -0.25) is 4.90 Å². The summed E-state index contributed by atoms with van der Waals surface area (Å²) in [6, 6.07) is 8.38. The van der Waals surface area contributed by atoms with Gasteiger partial charge < -0.3 is 15.6 Å². The Morgan fingerprint density at radius 3 is 2.81 bits per heavy atom. The molecule has 0 radical (unpaired) electrons. The summed E-state index contributed by atoms with van der Waals surface area (Å²) in [4.78, 5) is 2.39. The number of nitrogens with two attached hydrogens (primary N) is 1. The largest absolute Gasteiger partial charge is 0.491 e. The number of aliphatic hydroxyl groups excluding tert-OH is 1. The van der Waals surface area contributed by atoms with Crippen molar-refractivity contribution in [2.75, 3.05) is 19.7 Å². The van der Waals surface area contributed by atoms with Gasteiger partial charge in [-0.05, 0) is 37.1 Å². The molecule has 4 nitrogen and oxygen atoms in total. The van der Waals surface area contributed by atoms with E-state index in [4.69, 9.17) is 10.5 Å². The first kappa shape index (κ1) is 16.3. The molecule has 0 bridgehead atoms. The number of likely N-dealkylation sites (N-methyl/N-ethyl adjacent to an activating group) is 1. The van der Waals surface area contributed by atoms with E-state index in [1.807, 2.05) is 24.3 Å².